The number of carbonyl (C=O) groups excluding carboxylic acids is 1. The van der Waals surface area contributed by atoms with Crippen LogP contribution in [0.2, 0.25) is 0 Å². The number of hydrogen-bond donors (Lipinski definition) is 3. The highest BCUT2D eigenvalue weighted by Crippen LogP contribution is 2.04. The van der Waals surface area contributed by atoms with Crippen molar-refractivity contribution in [3.05, 3.63) is 0 Å². The standard InChI is InChI=1S/C9H19N3O/c1-7(2)12-9(13)11-6-4-8-3-5-10-8/h7-8,10H,3-6H2,1-2H3,(H2,11,12,13). The second kappa shape index (κ2) is 5.07. The van der Waals surface area contributed by atoms with Gasteiger partial charge in [0.25, 0.3) is 0 Å². The number of hydrogen-bond acceptors (Lipinski definition) is 2. The van der Waals surface area contributed by atoms with Gasteiger partial charge in [0.1, 0.15) is 0 Å². The lowest BCUT2D eigenvalue weighted by atomic mass is 10.0. The zero-order valence-corrected chi connectivity index (χ0v) is 8.39. The van der Waals surface area contributed by atoms with Crippen molar-refractivity contribution in [1.29, 1.82) is 0 Å². The van der Waals surface area contributed by atoms with Crippen molar-refractivity contribution >= 4 is 6.03 Å². The van der Waals surface area contributed by atoms with Crippen LogP contribution in [-0.2, 0) is 0 Å². The number of amides is 2. The van der Waals surface area contributed by atoms with E-state index in [0.29, 0.717) is 6.04 Å². The Bertz CT molecular complexity index is 166. The van der Waals surface area contributed by atoms with Gasteiger partial charge in [-0.2, -0.15) is 0 Å². The van der Waals surface area contributed by atoms with Crippen molar-refractivity contribution in [2.24, 2.45) is 0 Å². The third kappa shape index (κ3) is 4.12. The van der Waals surface area contributed by atoms with E-state index >= 15 is 0 Å². The van der Waals surface area contributed by atoms with Crippen molar-refractivity contribution < 1.29 is 4.79 Å². The molecular formula is C9H19N3O. The quantitative estimate of drug-likeness (QED) is 0.595. The van der Waals surface area contributed by atoms with E-state index in [1.807, 2.05) is 13.8 Å². The summed E-state index contributed by atoms with van der Waals surface area (Å²) < 4.78 is 0. The van der Waals surface area contributed by atoms with E-state index in [1.165, 1.54) is 6.42 Å². The average Bonchev–Trinajstić information content (AvgIpc) is 1.92. The molecule has 1 atom stereocenters. The van der Waals surface area contributed by atoms with Crippen molar-refractivity contribution in [2.45, 2.75) is 38.8 Å². The minimum atomic E-state index is -0.0608. The SMILES string of the molecule is CC(C)NC(=O)NCCC1CCN1. The van der Waals surface area contributed by atoms with Gasteiger partial charge in [0.2, 0.25) is 0 Å². The van der Waals surface area contributed by atoms with Crippen LogP contribution in [0.3, 0.4) is 0 Å². The summed E-state index contributed by atoms with van der Waals surface area (Å²) in [4.78, 5) is 11.1. The first kappa shape index (κ1) is 10.3. The molecule has 1 fully saturated rings. The third-order valence-electron chi connectivity index (χ3n) is 2.12. The topological polar surface area (TPSA) is 53.2 Å². The molecule has 2 amide bonds. The average molecular weight is 185 g/mol. The van der Waals surface area contributed by atoms with Crippen LogP contribution >= 0.6 is 0 Å². The molecule has 0 aromatic carbocycles. The molecule has 0 aromatic heterocycles. The van der Waals surface area contributed by atoms with Gasteiger partial charge in [0, 0.05) is 18.6 Å². The summed E-state index contributed by atoms with van der Waals surface area (Å²) in [6.45, 7) is 5.79. The number of nitrogens with one attached hydrogen (secondary N) is 3. The summed E-state index contributed by atoms with van der Waals surface area (Å²) >= 11 is 0. The molecule has 76 valence electrons. The molecule has 1 rings (SSSR count). The van der Waals surface area contributed by atoms with Gasteiger partial charge in [-0.3, -0.25) is 0 Å². The molecule has 4 heteroatoms. The minimum absolute atomic E-state index is 0.0608. The molecule has 3 N–H and O–H groups in total. The lowest BCUT2D eigenvalue weighted by Gasteiger charge is -2.27. The van der Waals surface area contributed by atoms with Gasteiger partial charge >= 0.3 is 6.03 Å². The van der Waals surface area contributed by atoms with E-state index in [-0.39, 0.29) is 12.1 Å². The molecule has 0 aliphatic carbocycles. The summed E-state index contributed by atoms with van der Waals surface area (Å²) in [7, 11) is 0. The molecule has 1 aliphatic rings. The highest BCUT2D eigenvalue weighted by molar-refractivity contribution is 5.73. The Labute approximate surface area is 79.5 Å². The molecule has 13 heavy (non-hydrogen) atoms. The van der Waals surface area contributed by atoms with Crippen molar-refractivity contribution in [3.63, 3.8) is 0 Å². The minimum Gasteiger partial charge on any atom is -0.338 e. The van der Waals surface area contributed by atoms with Crippen molar-refractivity contribution in [3.8, 4) is 0 Å². The fraction of sp³-hybridized carbons (Fsp3) is 0.889. The van der Waals surface area contributed by atoms with Crippen LogP contribution in [0.1, 0.15) is 26.7 Å². The molecular weight excluding hydrogens is 166 g/mol. The Kier molecular flexibility index (Phi) is 4.02. The second-order valence-electron chi connectivity index (χ2n) is 3.78. The van der Waals surface area contributed by atoms with Crippen LogP contribution in [-0.4, -0.2) is 31.2 Å². The zero-order chi connectivity index (χ0) is 9.68. The Morgan fingerprint density at radius 3 is 2.77 bits per heavy atom. The summed E-state index contributed by atoms with van der Waals surface area (Å²) in [6.07, 6.45) is 2.28. The third-order valence-corrected chi connectivity index (χ3v) is 2.12. The number of urea groups is 1. The summed E-state index contributed by atoms with van der Waals surface area (Å²) in [5, 5.41) is 8.89. The van der Waals surface area contributed by atoms with Gasteiger partial charge in [-0.1, -0.05) is 0 Å². The summed E-state index contributed by atoms with van der Waals surface area (Å²) in [5.74, 6) is 0. The van der Waals surface area contributed by atoms with Crippen LogP contribution in [0, 0.1) is 0 Å². The maximum absolute atomic E-state index is 11.1. The van der Waals surface area contributed by atoms with E-state index in [2.05, 4.69) is 16.0 Å². The lowest BCUT2D eigenvalue weighted by Crippen LogP contribution is -2.46. The highest BCUT2D eigenvalue weighted by atomic mass is 16.2. The van der Waals surface area contributed by atoms with Gasteiger partial charge < -0.3 is 16.0 Å². The predicted octanol–water partition coefficient (Wildman–Crippen LogP) is 0.446. The zero-order valence-electron chi connectivity index (χ0n) is 8.39. The first-order valence-corrected chi connectivity index (χ1v) is 4.96. The van der Waals surface area contributed by atoms with E-state index in [4.69, 9.17) is 0 Å². The number of carbonyl (C=O) groups is 1. The van der Waals surface area contributed by atoms with E-state index in [1.54, 1.807) is 0 Å². The Hall–Kier alpha value is -0.770. The molecule has 0 bridgehead atoms. The largest absolute Gasteiger partial charge is 0.338 e. The molecule has 0 saturated carbocycles. The molecule has 1 heterocycles. The predicted molar refractivity (Wildman–Crippen MR) is 52.7 cm³/mol. The van der Waals surface area contributed by atoms with Crippen LogP contribution in [0.15, 0.2) is 0 Å². The van der Waals surface area contributed by atoms with Crippen molar-refractivity contribution in [1.82, 2.24) is 16.0 Å². The molecule has 1 unspecified atom stereocenters. The molecule has 4 nitrogen and oxygen atoms in total. The molecule has 1 aliphatic heterocycles. The first-order valence-electron chi connectivity index (χ1n) is 4.96. The lowest BCUT2D eigenvalue weighted by molar-refractivity contribution is 0.237. The van der Waals surface area contributed by atoms with Crippen LogP contribution in [0.4, 0.5) is 4.79 Å². The van der Waals surface area contributed by atoms with Crippen LogP contribution in [0.5, 0.6) is 0 Å². The van der Waals surface area contributed by atoms with Gasteiger partial charge in [-0.25, -0.2) is 4.79 Å². The Balaban J connectivity index is 1.94. The second-order valence-corrected chi connectivity index (χ2v) is 3.78. The van der Waals surface area contributed by atoms with Gasteiger partial charge in [0.05, 0.1) is 0 Å². The number of rotatable bonds is 4. The van der Waals surface area contributed by atoms with Crippen LogP contribution in [0.25, 0.3) is 0 Å². The smallest absolute Gasteiger partial charge is 0.314 e. The fourth-order valence-electron chi connectivity index (χ4n) is 1.27. The monoisotopic (exact) mass is 185 g/mol. The highest BCUT2D eigenvalue weighted by Gasteiger charge is 2.15. The molecule has 0 spiro atoms. The Morgan fingerprint density at radius 1 is 1.62 bits per heavy atom. The first-order chi connectivity index (χ1) is 6.18. The maximum atomic E-state index is 11.1. The summed E-state index contributed by atoms with van der Waals surface area (Å²) in [6, 6.07) is 0.774. The van der Waals surface area contributed by atoms with Crippen molar-refractivity contribution in [2.75, 3.05) is 13.1 Å². The maximum Gasteiger partial charge on any atom is 0.314 e. The van der Waals surface area contributed by atoms with E-state index in [9.17, 15) is 4.79 Å². The van der Waals surface area contributed by atoms with Crippen LogP contribution < -0.4 is 16.0 Å². The van der Waals surface area contributed by atoms with Gasteiger partial charge in [-0.15, -0.1) is 0 Å². The normalized spacial score (nSPS) is 21.0. The molecule has 0 radical (unpaired) electrons. The molecule has 1 saturated heterocycles. The molecule has 0 aromatic rings. The Morgan fingerprint density at radius 2 is 2.31 bits per heavy atom. The van der Waals surface area contributed by atoms with Gasteiger partial charge in [0.15, 0.2) is 0 Å². The fourth-order valence-corrected chi connectivity index (χ4v) is 1.27. The van der Waals surface area contributed by atoms with Gasteiger partial charge in [-0.05, 0) is 33.2 Å². The van der Waals surface area contributed by atoms with E-state index < -0.39 is 0 Å². The summed E-state index contributed by atoms with van der Waals surface area (Å²) in [5.41, 5.74) is 0. The van der Waals surface area contributed by atoms with E-state index in [0.717, 1.165) is 19.5 Å².